The fourth-order valence-corrected chi connectivity index (χ4v) is 1.15. The molecule has 1 N–H and O–H groups in total. The highest BCUT2D eigenvalue weighted by Crippen LogP contribution is 2.17. The zero-order valence-corrected chi connectivity index (χ0v) is 11.6. The number of rotatable bonds is 7. The van der Waals surface area contributed by atoms with Crippen molar-refractivity contribution in [3.63, 3.8) is 0 Å². The van der Waals surface area contributed by atoms with Crippen LogP contribution in [0.5, 0.6) is 0 Å². The Morgan fingerprint density at radius 3 is 2.29 bits per heavy atom. The van der Waals surface area contributed by atoms with Crippen LogP contribution in [0.15, 0.2) is 0 Å². The molecule has 0 aliphatic rings. The van der Waals surface area contributed by atoms with Crippen LogP contribution >= 0.6 is 0 Å². The van der Waals surface area contributed by atoms with Crippen LogP contribution in [0.1, 0.15) is 41.0 Å². The summed E-state index contributed by atoms with van der Waals surface area (Å²) in [6.07, 6.45) is 0.498. The second kappa shape index (κ2) is 7.43. The molecule has 0 saturated carbocycles. The molecule has 0 bridgehead atoms. The Hall–Kier alpha value is -0.900. The Labute approximate surface area is 104 Å². The first-order valence-corrected chi connectivity index (χ1v) is 6.09. The predicted molar refractivity (Wildman–Crippen MR) is 67.7 cm³/mol. The molecule has 1 amide bonds. The van der Waals surface area contributed by atoms with Crippen molar-refractivity contribution in [1.82, 2.24) is 5.32 Å². The van der Waals surface area contributed by atoms with Crippen LogP contribution in [0.25, 0.3) is 0 Å². The first kappa shape index (κ1) is 16.1. The van der Waals surface area contributed by atoms with E-state index in [-0.39, 0.29) is 29.6 Å². The molecule has 0 aliphatic heterocycles. The average Bonchev–Trinajstić information content (AvgIpc) is 2.13. The monoisotopic (exact) mass is 243 g/mol. The van der Waals surface area contributed by atoms with Gasteiger partial charge >= 0.3 is 0 Å². The molecule has 0 heterocycles. The van der Waals surface area contributed by atoms with Crippen LogP contribution in [0.4, 0.5) is 0 Å². The molecule has 4 heteroatoms. The number of amides is 1. The lowest BCUT2D eigenvalue weighted by molar-refractivity contribution is -0.126. The fourth-order valence-electron chi connectivity index (χ4n) is 1.15. The van der Waals surface area contributed by atoms with Crippen LogP contribution in [0.2, 0.25) is 0 Å². The number of hydrogen-bond acceptors (Lipinski definition) is 3. The molecule has 0 saturated heterocycles. The number of hydrogen-bond donors (Lipinski definition) is 1. The summed E-state index contributed by atoms with van der Waals surface area (Å²) < 4.78 is 5.17. The quantitative estimate of drug-likeness (QED) is 0.693. The predicted octanol–water partition coefficient (Wildman–Crippen LogP) is 1.78. The normalized spacial score (nSPS) is 11.6. The SMILES string of the molecule is CC(C)C(=O)COCCNC(=O)CC(C)(C)C. The zero-order chi connectivity index (χ0) is 13.5. The molecule has 0 fully saturated rings. The van der Waals surface area contributed by atoms with Gasteiger partial charge in [-0.25, -0.2) is 0 Å². The van der Waals surface area contributed by atoms with E-state index in [1.807, 2.05) is 34.6 Å². The third-order valence-electron chi connectivity index (χ3n) is 2.15. The van der Waals surface area contributed by atoms with E-state index in [4.69, 9.17) is 4.74 Å². The Balaban J connectivity index is 3.53. The lowest BCUT2D eigenvalue weighted by Crippen LogP contribution is -2.31. The van der Waals surface area contributed by atoms with E-state index in [0.717, 1.165) is 0 Å². The Morgan fingerprint density at radius 2 is 1.82 bits per heavy atom. The highest BCUT2D eigenvalue weighted by molar-refractivity contribution is 5.81. The second-order valence-electron chi connectivity index (χ2n) is 5.76. The highest BCUT2D eigenvalue weighted by atomic mass is 16.5. The van der Waals surface area contributed by atoms with Gasteiger partial charge in [-0.05, 0) is 5.41 Å². The van der Waals surface area contributed by atoms with Crippen LogP contribution < -0.4 is 5.32 Å². The van der Waals surface area contributed by atoms with Gasteiger partial charge in [-0.2, -0.15) is 0 Å². The van der Waals surface area contributed by atoms with E-state index in [1.54, 1.807) is 0 Å². The molecule has 100 valence electrons. The van der Waals surface area contributed by atoms with Crippen LogP contribution in [-0.4, -0.2) is 31.4 Å². The van der Waals surface area contributed by atoms with Gasteiger partial charge in [-0.15, -0.1) is 0 Å². The summed E-state index contributed by atoms with van der Waals surface area (Å²) in [6.45, 7) is 10.7. The number of ketones is 1. The fraction of sp³-hybridized carbons (Fsp3) is 0.846. The summed E-state index contributed by atoms with van der Waals surface area (Å²) >= 11 is 0. The summed E-state index contributed by atoms with van der Waals surface area (Å²) in [5.41, 5.74) is -0.00144. The highest BCUT2D eigenvalue weighted by Gasteiger charge is 2.15. The summed E-state index contributed by atoms with van der Waals surface area (Å²) in [6, 6.07) is 0. The van der Waals surface area contributed by atoms with Gasteiger partial charge in [0.25, 0.3) is 0 Å². The molecule has 0 aromatic rings. The minimum Gasteiger partial charge on any atom is -0.372 e. The van der Waals surface area contributed by atoms with Crippen molar-refractivity contribution < 1.29 is 14.3 Å². The molecule has 0 radical (unpaired) electrons. The van der Waals surface area contributed by atoms with E-state index >= 15 is 0 Å². The van der Waals surface area contributed by atoms with Crippen LogP contribution in [0, 0.1) is 11.3 Å². The lowest BCUT2D eigenvalue weighted by atomic mass is 9.92. The molecule has 0 aromatic heterocycles. The standard InChI is InChI=1S/C13H25NO3/c1-10(2)11(15)9-17-7-6-14-12(16)8-13(3,4)5/h10H,6-9H2,1-5H3,(H,14,16). The Bertz CT molecular complexity index is 254. The minimum atomic E-state index is -0.00144. The molecule has 0 atom stereocenters. The Kier molecular flexibility index (Phi) is 7.04. The van der Waals surface area contributed by atoms with Gasteiger partial charge < -0.3 is 10.1 Å². The van der Waals surface area contributed by atoms with E-state index in [2.05, 4.69) is 5.32 Å². The van der Waals surface area contributed by atoms with E-state index < -0.39 is 0 Å². The van der Waals surface area contributed by atoms with Crippen molar-refractivity contribution in [2.24, 2.45) is 11.3 Å². The van der Waals surface area contributed by atoms with Crippen molar-refractivity contribution in [1.29, 1.82) is 0 Å². The second-order valence-corrected chi connectivity index (χ2v) is 5.76. The van der Waals surface area contributed by atoms with E-state index in [9.17, 15) is 9.59 Å². The molecule has 0 aliphatic carbocycles. The molecule has 17 heavy (non-hydrogen) atoms. The maximum Gasteiger partial charge on any atom is 0.220 e. The van der Waals surface area contributed by atoms with Crippen LogP contribution in [0.3, 0.4) is 0 Å². The molecule has 0 spiro atoms. The van der Waals surface area contributed by atoms with Gasteiger partial charge in [-0.3, -0.25) is 9.59 Å². The number of carbonyl (C=O) groups is 2. The van der Waals surface area contributed by atoms with Gasteiger partial charge in [0.15, 0.2) is 5.78 Å². The molecular formula is C13H25NO3. The first-order valence-electron chi connectivity index (χ1n) is 6.09. The summed E-state index contributed by atoms with van der Waals surface area (Å²) in [5.74, 6) is 0.118. The van der Waals surface area contributed by atoms with Gasteiger partial charge in [0.2, 0.25) is 5.91 Å². The minimum absolute atomic E-state index is 0.00144. The zero-order valence-electron chi connectivity index (χ0n) is 11.6. The topological polar surface area (TPSA) is 55.4 Å². The largest absolute Gasteiger partial charge is 0.372 e. The van der Waals surface area contributed by atoms with Crippen molar-refractivity contribution in [2.75, 3.05) is 19.8 Å². The number of nitrogens with one attached hydrogen (secondary N) is 1. The third kappa shape index (κ3) is 10.00. The van der Waals surface area contributed by atoms with Crippen molar-refractivity contribution >= 4 is 11.7 Å². The van der Waals surface area contributed by atoms with Gasteiger partial charge in [-0.1, -0.05) is 34.6 Å². The van der Waals surface area contributed by atoms with Crippen LogP contribution in [-0.2, 0) is 14.3 Å². The maximum absolute atomic E-state index is 11.4. The van der Waals surface area contributed by atoms with Gasteiger partial charge in [0, 0.05) is 18.9 Å². The smallest absolute Gasteiger partial charge is 0.220 e. The van der Waals surface area contributed by atoms with Gasteiger partial charge in [0.05, 0.1) is 6.61 Å². The van der Waals surface area contributed by atoms with Crippen molar-refractivity contribution in [3.8, 4) is 0 Å². The molecule has 4 nitrogen and oxygen atoms in total. The number of Topliss-reactive ketones (excluding diaryl/α,β-unsaturated/α-hetero) is 1. The first-order chi connectivity index (χ1) is 7.72. The lowest BCUT2D eigenvalue weighted by Gasteiger charge is -2.17. The number of ether oxygens (including phenoxy) is 1. The van der Waals surface area contributed by atoms with Crippen molar-refractivity contribution in [2.45, 2.75) is 41.0 Å². The molecular weight excluding hydrogens is 218 g/mol. The van der Waals surface area contributed by atoms with Gasteiger partial charge in [0.1, 0.15) is 6.61 Å². The molecule has 0 aromatic carbocycles. The molecule has 0 unspecified atom stereocenters. The summed E-state index contributed by atoms with van der Waals surface area (Å²) in [5, 5.41) is 2.77. The van der Waals surface area contributed by atoms with Crippen molar-refractivity contribution in [3.05, 3.63) is 0 Å². The van der Waals surface area contributed by atoms with E-state index in [1.165, 1.54) is 0 Å². The summed E-state index contributed by atoms with van der Waals surface area (Å²) in [4.78, 5) is 22.6. The Morgan fingerprint density at radius 1 is 1.24 bits per heavy atom. The number of carbonyl (C=O) groups excluding carboxylic acids is 2. The van der Waals surface area contributed by atoms with E-state index in [0.29, 0.717) is 19.6 Å². The maximum atomic E-state index is 11.4. The average molecular weight is 243 g/mol. The third-order valence-corrected chi connectivity index (χ3v) is 2.15. The molecule has 0 rings (SSSR count). The summed E-state index contributed by atoms with van der Waals surface area (Å²) in [7, 11) is 0.